The Morgan fingerprint density at radius 1 is 1.05 bits per heavy atom. The standard InChI is InChI=1S/C18H28N2/c19-20-18(12-14-6-2-1-3-7-14)17-11-5-10-16(13-17)15-8-4-9-15/h5,10-11,13-15,18,20H,1-4,6-9,12,19H2. The molecule has 1 atom stereocenters. The van der Waals surface area contributed by atoms with Gasteiger partial charge in [-0.1, -0.05) is 62.8 Å². The van der Waals surface area contributed by atoms with Crippen LogP contribution in [0.3, 0.4) is 0 Å². The van der Waals surface area contributed by atoms with Crippen LogP contribution in [0.25, 0.3) is 0 Å². The van der Waals surface area contributed by atoms with Crippen LogP contribution in [0.4, 0.5) is 0 Å². The molecule has 110 valence electrons. The van der Waals surface area contributed by atoms with Crippen molar-refractivity contribution in [3.8, 4) is 0 Å². The summed E-state index contributed by atoms with van der Waals surface area (Å²) in [7, 11) is 0. The van der Waals surface area contributed by atoms with Crippen molar-refractivity contribution in [3.05, 3.63) is 35.4 Å². The third-order valence-electron chi connectivity index (χ3n) is 5.38. The Balaban J connectivity index is 1.67. The van der Waals surface area contributed by atoms with Gasteiger partial charge in [0.15, 0.2) is 0 Å². The first-order chi connectivity index (χ1) is 9.86. The lowest BCUT2D eigenvalue weighted by atomic mass is 9.78. The van der Waals surface area contributed by atoms with Gasteiger partial charge < -0.3 is 0 Å². The van der Waals surface area contributed by atoms with Gasteiger partial charge in [-0.3, -0.25) is 11.3 Å². The Hall–Kier alpha value is -0.860. The van der Waals surface area contributed by atoms with Gasteiger partial charge in [-0.2, -0.15) is 0 Å². The van der Waals surface area contributed by atoms with Crippen molar-refractivity contribution < 1.29 is 0 Å². The lowest BCUT2D eigenvalue weighted by molar-refractivity contribution is 0.301. The second kappa shape index (κ2) is 6.73. The molecule has 2 aliphatic rings. The fourth-order valence-corrected chi connectivity index (χ4v) is 3.83. The zero-order valence-corrected chi connectivity index (χ0v) is 12.5. The zero-order chi connectivity index (χ0) is 13.8. The number of hydrogen-bond donors (Lipinski definition) is 2. The van der Waals surface area contributed by atoms with Crippen molar-refractivity contribution in [2.24, 2.45) is 11.8 Å². The van der Waals surface area contributed by atoms with Crippen molar-refractivity contribution >= 4 is 0 Å². The summed E-state index contributed by atoms with van der Waals surface area (Å²) in [6.45, 7) is 0. The normalized spacial score (nSPS) is 22.4. The minimum atomic E-state index is 0.332. The van der Waals surface area contributed by atoms with Gasteiger partial charge in [0.05, 0.1) is 0 Å². The molecule has 0 radical (unpaired) electrons. The summed E-state index contributed by atoms with van der Waals surface area (Å²) >= 11 is 0. The quantitative estimate of drug-likeness (QED) is 0.614. The van der Waals surface area contributed by atoms with Crippen molar-refractivity contribution in [2.45, 2.75) is 69.7 Å². The molecule has 20 heavy (non-hydrogen) atoms. The van der Waals surface area contributed by atoms with E-state index in [1.165, 1.54) is 68.9 Å². The van der Waals surface area contributed by atoms with Gasteiger partial charge in [0.1, 0.15) is 0 Å². The topological polar surface area (TPSA) is 38.0 Å². The van der Waals surface area contributed by atoms with Crippen LogP contribution in [0, 0.1) is 5.92 Å². The van der Waals surface area contributed by atoms with Gasteiger partial charge in [-0.25, -0.2) is 0 Å². The molecule has 0 aliphatic heterocycles. The molecule has 2 fully saturated rings. The number of hydrazine groups is 1. The summed E-state index contributed by atoms with van der Waals surface area (Å²) in [5.74, 6) is 7.51. The Kier molecular flexibility index (Phi) is 4.74. The van der Waals surface area contributed by atoms with Crippen molar-refractivity contribution in [3.63, 3.8) is 0 Å². The molecule has 2 heteroatoms. The van der Waals surface area contributed by atoms with Crippen LogP contribution in [-0.2, 0) is 0 Å². The summed E-state index contributed by atoms with van der Waals surface area (Å²) < 4.78 is 0. The Bertz CT molecular complexity index is 419. The fraction of sp³-hybridized carbons (Fsp3) is 0.667. The largest absolute Gasteiger partial charge is 0.271 e. The lowest BCUT2D eigenvalue weighted by Crippen LogP contribution is -2.30. The molecule has 0 heterocycles. The molecule has 0 bridgehead atoms. The first kappa shape index (κ1) is 14.1. The van der Waals surface area contributed by atoms with Gasteiger partial charge in [0.2, 0.25) is 0 Å². The van der Waals surface area contributed by atoms with Crippen LogP contribution < -0.4 is 11.3 Å². The highest BCUT2D eigenvalue weighted by Crippen LogP contribution is 2.38. The summed E-state index contributed by atoms with van der Waals surface area (Å²) in [5, 5.41) is 0. The van der Waals surface area contributed by atoms with E-state index in [0.29, 0.717) is 6.04 Å². The molecule has 2 aliphatic carbocycles. The van der Waals surface area contributed by atoms with Crippen LogP contribution in [0.2, 0.25) is 0 Å². The monoisotopic (exact) mass is 272 g/mol. The molecule has 0 saturated heterocycles. The van der Waals surface area contributed by atoms with E-state index in [0.717, 1.165) is 11.8 Å². The van der Waals surface area contributed by atoms with E-state index in [9.17, 15) is 0 Å². The maximum absolute atomic E-state index is 5.84. The smallest absolute Gasteiger partial charge is 0.0462 e. The van der Waals surface area contributed by atoms with Crippen LogP contribution in [0.1, 0.15) is 80.9 Å². The van der Waals surface area contributed by atoms with Crippen molar-refractivity contribution in [1.82, 2.24) is 5.43 Å². The predicted molar refractivity (Wildman–Crippen MR) is 84.3 cm³/mol. The van der Waals surface area contributed by atoms with Gasteiger partial charge in [0.25, 0.3) is 0 Å². The van der Waals surface area contributed by atoms with Crippen LogP contribution in [0.15, 0.2) is 24.3 Å². The second-order valence-corrected chi connectivity index (χ2v) is 6.76. The molecule has 2 saturated carbocycles. The first-order valence-electron chi connectivity index (χ1n) is 8.43. The summed E-state index contributed by atoms with van der Waals surface area (Å²) in [5.41, 5.74) is 5.98. The van der Waals surface area contributed by atoms with E-state index >= 15 is 0 Å². The Labute approximate surface area is 123 Å². The van der Waals surface area contributed by atoms with Gasteiger partial charge in [-0.15, -0.1) is 0 Å². The average Bonchev–Trinajstić information content (AvgIpc) is 2.44. The van der Waals surface area contributed by atoms with Gasteiger partial charge in [0, 0.05) is 6.04 Å². The van der Waals surface area contributed by atoms with E-state index in [2.05, 4.69) is 29.7 Å². The maximum Gasteiger partial charge on any atom is 0.0462 e. The van der Waals surface area contributed by atoms with E-state index < -0.39 is 0 Å². The molecular weight excluding hydrogens is 244 g/mol. The van der Waals surface area contributed by atoms with Crippen LogP contribution >= 0.6 is 0 Å². The molecule has 1 aromatic carbocycles. The highest BCUT2D eigenvalue weighted by molar-refractivity contribution is 5.29. The molecule has 0 spiro atoms. The summed E-state index contributed by atoms with van der Waals surface area (Å²) in [4.78, 5) is 0. The van der Waals surface area contributed by atoms with E-state index in [1.807, 2.05) is 0 Å². The van der Waals surface area contributed by atoms with Crippen molar-refractivity contribution in [2.75, 3.05) is 0 Å². The molecule has 1 aromatic rings. The Morgan fingerprint density at radius 3 is 2.50 bits per heavy atom. The van der Waals surface area contributed by atoms with E-state index in [-0.39, 0.29) is 0 Å². The number of nitrogens with two attached hydrogens (primary N) is 1. The van der Waals surface area contributed by atoms with Gasteiger partial charge in [-0.05, 0) is 42.2 Å². The summed E-state index contributed by atoms with van der Waals surface area (Å²) in [6, 6.07) is 9.49. The molecule has 1 unspecified atom stereocenters. The second-order valence-electron chi connectivity index (χ2n) is 6.76. The summed E-state index contributed by atoms with van der Waals surface area (Å²) in [6.07, 6.45) is 12.4. The number of hydrogen-bond acceptors (Lipinski definition) is 2. The minimum Gasteiger partial charge on any atom is -0.271 e. The van der Waals surface area contributed by atoms with E-state index in [1.54, 1.807) is 0 Å². The molecule has 2 nitrogen and oxygen atoms in total. The fourth-order valence-electron chi connectivity index (χ4n) is 3.83. The van der Waals surface area contributed by atoms with Crippen molar-refractivity contribution in [1.29, 1.82) is 0 Å². The zero-order valence-electron chi connectivity index (χ0n) is 12.5. The average molecular weight is 272 g/mol. The Morgan fingerprint density at radius 2 is 1.85 bits per heavy atom. The number of nitrogens with one attached hydrogen (secondary N) is 1. The molecule has 3 rings (SSSR count). The van der Waals surface area contributed by atoms with Crippen LogP contribution in [0.5, 0.6) is 0 Å². The first-order valence-corrected chi connectivity index (χ1v) is 8.43. The SMILES string of the molecule is NNC(CC1CCCCC1)c1cccc(C2CCC2)c1. The molecule has 0 aromatic heterocycles. The molecule has 0 amide bonds. The molecule has 3 N–H and O–H groups in total. The highest BCUT2D eigenvalue weighted by Gasteiger charge is 2.22. The van der Waals surface area contributed by atoms with Gasteiger partial charge >= 0.3 is 0 Å². The maximum atomic E-state index is 5.84. The molecular formula is C18H28N2. The lowest BCUT2D eigenvalue weighted by Gasteiger charge is -2.29. The third-order valence-corrected chi connectivity index (χ3v) is 5.38. The minimum absolute atomic E-state index is 0.332. The predicted octanol–water partition coefficient (Wildman–Crippen LogP) is 4.43. The highest BCUT2D eigenvalue weighted by atomic mass is 15.2. The number of rotatable bonds is 5. The number of benzene rings is 1. The third kappa shape index (κ3) is 3.24. The van der Waals surface area contributed by atoms with E-state index in [4.69, 9.17) is 5.84 Å². The van der Waals surface area contributed by atoms with Crippen LogP contribution in [-0.4, -0.2) is 0 Å².